The summed E-state index contributed by atoms with van der Waals surface area (Å²) < 4.78 is 5.68. The van der Waals surface area contributed by atoms with Crippen LogP contribution in [-0.4, -0.2) is 24.6 Å². The number of methoxy groups -OCH3 is 1. The van der Waals surface area contributed by atoms with E-state index in [2.05, 4.69) is 18.8 Å². The van der Waals surface area contributed by atoms with Gasteiger partial charge < -0.3 is 10.5 Å². The van der Waals surface area contributed by atoms with E-state index in [-0.39, 0.29) is 11.6 Å². The molecule has 0 spiro atoms. The first-order valence-corrected chi connectivity index (χ1v) is 6.20. The second-order valence-corrected chi connectivity index (χ2v) is 5.97. The summed E-state index contributed by atoms with van der Waals surface area (Å²) in [4.78, 5) is 4.46. The Morgan fingerprint density at radius 1 is 1.19 bits per heavy atom. The third kappa shape index (κ3) is 2.97. The molecule has 2 N–H and O–H groups in total. The lowest BCUT2D eigenvalue weighted by molar-refractivity contribution is -0.00942. The fraction of sp³-hybridized carbons (Fsp3) is 0.923. The highest BCUT2D eigenvalue weighted by atomic mass is 16.5. The Hall–Kier alpha value is -0.570. The van der Waals surface area contributed by atoms with Gasteiger partial charge >= 0.3 is 0 Å². The van der Waals surface area contributed by atoms with Gasteiger partial charge in [-0.25, -0.2) is 0 Å². The van der Waals surface area contributed by atoms with Crippen LogP contribution in [0.1, 0.15) is 53.4 Å². The Balaban J connectivity index is 2.81. The van der Waals surface area contributed by atoms with Crippen LogP contribution in [-0.2, 0) is 4.74 Å². The third-order valence-corrected chi connectivity index (χ3v) is 3.67. The van der Waals surface area contributed by atoms with Crippen molar-refractivity contribution in [2.75, 3.05) is 7.11 Å². The second-order valence-electron chi connectivity index (χ2n) is 5.97. The van der Waals surface area contributed by atoms with Crippen LogP contribution in [0.3, 0.4) is 0 Å². The molecule has 0 unspecified atom stereocenters. The van der Waals surface area contributed by atoms with Gasteiger partial charge in [0.05, 0.1) is 0 Å². The van der Waals surface area contributed by atoms with Gasteiger partial charge in [0.1, 0.15) is 11.4 Å². The lowest BCUT2D eigenvalue weighted by atomic mass is 9.70. The number of hydrogen-bond donors (Lipinski definition) is 1. The van der Waals surface area contributed by atoms with Gasteiger partial charge in [0.2, 0.25) is 0 Å². The Morgan fingerprint density at radius 3 is 2.06 bits per heavy atom. The van der Waals surface area contributed by atoms with Gasteiger partial charge in [-0.1, -0.05) is 13.8 Å². The summed E-state index contributed by atoms with van der Waals surface area (Å²) >= 11 is 0. The van der Waals surface area contributed by atoms with Crippen molar-refractivity contribution in [1.82, 2.24) is 0 Å². The van der Waals surface area contributed by atoms with Crippen LogP contribution in [0.15, 0.2) is 4.99 Å². The van der Waals surface area contributed by atoms with Crippen molar-refractivity contribution >= 4 is 5.84 Å². The fourth-order valence-electron chi connectivity index (χ4n) is 2.29. The van der Waals surface area contributed by atoms with E-state index in [1.165, 1.54) is 0 Å². The molecular formula is C13H26N2O. The van der Waals surface area contributed by atoms with Crippen molar-refractivity contribution in [1.29, 1.82) is 0 Å². The van der Waals surface area contributed by atoms with Crippen molar-refractivity contribution in [2.24, 2.45) is 16.1 Å². The molecule has 0 saturated heterocycles. The molecule has 16 heavy (non-hydrogen) atoms. The van der Waals surface area contributed by atoms with Crippen LogP contribution >= 0.6 is 0 Å². The molecule has 0 aliphatic heterocycles. The van der Waals surface area contributed by atoms with Crippen molar-refractivity contribution in [3.8, 4) is 0 Å². The minimum Gasteiger partial charge on any atom is -0.385 e. The molecule has 0 aromatic rings. The van der Waals surface area contributed by atoms with Crippen LogP contribution in [0.5, 0.6) is 0 Å². The average Bonchev–Trinajstić information content (AvgIpc) is 2.17. The highest BCUT2D eigenvalue weighted by Gasteiger charge is 2.41. The predicted molar refractivity (Wildman–Crippen MR) is 68.7 cm³/mol. The molecule has 0 atom stereocenters. The molecule has 0 amide bonds. The Labute approximate surface area is 99.5 Å². The van der Waals surface area contributed by atoms with Crippen molar-refractivity contribution < 1.29 is 4.74 Å². The van der Waals surface area contributed by atoms with E-state index in [1.54, 1.807) is 7.11 Å². The minimum absolute atomic E-state index is 0.238. The SMILES string of the molecule is COC1(C(N)=NC(C)C)CCC(C)(C)CC1. The normalized spacial score (nSPS) is 24.8. The molecule has 0 heterocycles. The zero-order valence-electron chi connectivity index (χ0n) is 11.3. The average molecular weight is 226 g/mol. The standard InChI is InChI=1S/C13H26N2O/c1-10(2)15-11(14)13(16-5)8-6-12(3,4)7-9-13/h10H,6-9H2,1-5H3,(H2,14,15). The molecule has 1 fully saturated rings. The number of nitrogens with two attached hydrogens (primary N) is 1. The number of aliphatic imine (C=N–C) groups is 1. The highest BCUT2D eigenvalue weighted by molar-refractivity contribution is 5.89. The summed E-state index contributed by atoms with van der Waals surface area (Å²) in [6.45, 7) is 8.71. The molecule has 1 saturated carbocycles. The van der Waals surface area contributed by atoms with Gasteiger partial charge in [-0.3, -0.25) is 4.99 Å². The van der Waals surface area contributed by atoms with Gasteiger partial charge in [0.15, 0.2) is 0 Å². The van der Waals surface area contributed by atoms with Crippen LogP contribution in [0.4, 0.5) is 0 Å². The maximum absolute atomic E-state index is 6.11. The summed E-state index contributed by atoms with van der Waals surface area (Å²) in [5.41, 5.74) is 6.22. The first-order valence-electron chi connectivity index (χ1n) is 6.20. The topological polar surface area (TPSA) is 47.6 Å². The quantitative estimate of drug-likeness (QED) is 0.594. The predicted octanol–water partition coefficient (Wildman–Crippen LogP) is 2.74. The Bertz CT molecular complexity index is 259. The molecular weight excluding hydrogens is 200 g/mol. The fourth-order valence-corrected chi connectivity index (χ4v) is 2.29. The summed E-state index contributed by atoms with van der Waals surface area (Å²) in [6.07, 6.45) is 4.27. The van der Waals surface area contributed by atoms with Crippen LogP contribution in [0.2, 0.25) is 0 Å². The molecule has 0 radical (unpaired) electrons. The number of rotatable bonds is 3. The molecule has 1 rings (SSSR count). The molecule has 0 aromatic carbocycles. The van der Waals surface area contributed by atoms with E-state index in [1.807, 2.05) is 13.8 Å². The van der Waals surface area contributed by atoms with E-state index in [0.717, 1.165) is 25.7 Å². The highest BCUT2D eigenvalue weighted by Crippen LogP contribution is 2.41. The summed E-state index contributed by atoms with van der Waals surface area (Å²) in [6, 6.07) is 0.238. The minimum atomic E-state index is -0.306. The third-order valence-electron chi connectivity index (χ3n) is 3.67. The summed E-state index contributed by atoms with van der Waals surface area (Å²) in [5.74, 6) is 0.681. The molecule has 94 valence electrons. The summed E-state index contributed by atoms with van der Waals surface area (Å²) in [5, 5.41) is 0. The van der Waals surface area contributed by atoms with Crippen molar-refractivity contribution in [3.05, 3.63) is 0 Å². The maximum atomic E-state index is 6.11. The van der Waals surface area contributed by atoms with E-state index >= 15 is 0 Å². The zero-order valence-corrected chi connectivity index (χ0v) is 11.3. The first-order chi connectivity index (χ1) is 7.31. The molecule has 0 aromatic heterocycles. The van der Waals surface area contributed by atoms with Crippen molar-refractivity contribution in [3.63, 3.8) is 0 Å². The van der Waals surface area contributed by atoms with E-state index in [4.69, 9.17) is 10.5 Å². The van der Waals surface area contributed by atoms with E-state index in [0.29, 0.717) is 11.3 Å². The lowest BCUT2D eigenvalue weighted by Crippen LogP contribution is -2.49. The van der Waals surface area contributed by atoms with Crippen LogP contribution in [0.25, 0.3) is 0 Å². The smallest absolute Gasteiger partial charge is 0.127 e. The zero-order chi connectivity index (χ0) is 12.4. The number of ether oxygens (including phenoxy) is 1. The first kappa shape index (κ1) is 13.5. The summed E-state index contributed by atoms with van der Waals surface area (Å²) in [7, 11) is 1.75. The number of nitrogens with zero attached hydrogens (tertiary/aromatic N) is 1. The van der Waals surface area contributed by atoms with Gasteiger partial charge in [0.25, 0.3) is 0 Å². The van der Waals surface area contributed by atoms with Crippen LogP contribution in [0, 0.1) is 5.41 Å². The second kappa shape index (κ2) is 4.74. The molecule has 1 aliphatic rings. The molecule has 1 aliphatic carbocycles. The Morgan fingerprint density at radius 2 is 1.69 bits per heavy atom. The lowest BCUT2D eigenvalue weighted by Gasteiger charge is -2.42. The van der Waals surface area contributed by atoms with Gasteiger partial charge in [-0.2, -0.15) is 0 Å². The van der Waals surface area contributed by atoms with Gasteiger partial charge in [0, 0.05) is 13.2 Å². The van der Waals surface area contributed by atoms with Gasteiger partial charge in [-0.15, -0.1) is 0 Å². The van der Waals surface area contributed by atoms with Crippen molar-refractivity contribution in [2.45, 2.75) is 65.0 Å². The maximum Gasteiger partial charge on any atom is 0.127 e. The number of amidine groups is 1. The Kier molecular flexibility index (Phi) is 4.00. The number of hydrogen-bond acceptors (Lipinski definition) is 2. The van der Waals surface area contributed by atoms with E-state index in [9.17, 15) is 0 Å². The molecule has 3 heteroatoms. The van der Waals surface area contributed by atoms with E-state index < -0.39 is 0 Å². The largest absolute Gasteiger partial charge is 0.385 e. The van der Waals surface area contributed by atoms with Gasteiger partial charge in [-0.05, 0) is 44.9 Å². The van der Waals surface area contributed by atoms with Crippen LogP contribution < -0.4 is 5.73 Å². The molecule has 0 bridgehead atoms. The molecule has 3 nitrogen and oxygen atoms in total. The monoisotopic (exact) mass is 226 g/mol.